The smallest absolute Gasteiger partial charge is 0.317 e. The Hall–Kier alpha value is -2.50. The number of fused-ring (bicyclic) bond motifs is 1. The van der Waals surface area contributed by atoms with Crippen molar-refractivity contribution in [1.82, 2.24) is 15.4 Å². The highest BCUT2D eigenvalue weighted by atomic mass is 16.5. The molecule has 0 spiro atoms. The fraction of sp³-hybridized carbons (Fsp3) is 0.524. The molecule has 1 saturated heterocycles. The van der Waals surface area contributed by atoms with Crippen molar-refractivity contribution in [1.29, 1.82) is 0 Å². The summed E-state index contributed by atoms with van der Waals surface area (Å²) in [6, 6.07) is 6.41. The maximum atomic E-state index is 12.6. The SMILES string of the molecule is Cc1cccc(N2CCN(C(=O)NCc3noc4c3CCCC4)CC2)c1C. The summed E-state index contributed by atoms with van der Waals surface area (Å²) < 4.78 is 5.43. The molecular formula is C21H28N4O2. The molecule has 2 heterocycles. The lowest BCUT2D eigenvalue weighted by molar-refractivity contribution is 0.193. The quantitative estimate of drug-likeness (QED) is 0.904. The highest BCUT2D eigenvalue weighted by Gasteiger charge is 2.24. The third-order valence-electron chi connectivity index (χ3n) is 5.92. The monoisotopic (exact) mass is 368 g/mol. The Morgan fingerprint density at radius 1 is 1.15 bits per heavy atom. The number of nitrogens with one attached hydrogen (secondary N) is 1. The largest absolute Gasteiger partial charge is 0.368 e. The molecule has 0 saturated carbocycles. The summed E-state index contributed by atoms with van der Waals surface area (Å²) in [5.41, 5.74) is 6.02. The van der Waals surface area contributed by atoms with Crippen molar-refractivity contribution in [3.63, 3.8) is 0 Å². The molecule has 6 heteroatoms. The van der Waals surface area contributed by atoms with Gasteiger partial charge in [0.1, 0.15) is 11.5 Å². The zero-order valence-corrected chi connectivity index (χ0v) is 16.3. The van der Waals surface area contributed by atoms with Crippen molar-refractivity contribution in [3.05, 3.63) is 46.3 Å². The second-order valence-electron chi connectivity index (χ2n) is 7.59. The Kier molecular flexibility index (Phi) is 5.05. The van der Waals surface area contributed by atoms with Crippen molar-refractivity contribution in [2.24, 2.45) is 0 Å². The van der Waals surface area contributed by atoms with Crippen molar-refractivity contribution < 1.29 is 9.32 Å². The van der Waals surface area contributed by atoms with Gasteiger partial charge in [-0.2, -0.15) is 0 Å². The topological polar surface area (TPSA) is 61.6 Å². The number of nitrogens with zero attached hydrogens (tertiary/aromatic N) is 3. The van der Waals surface area contributed by atoms with Gasteiger partial charge in [-0.1, -0.05) is 17.3 Å². The molecule has 0 unspecified atom stereocenters. The minimum Gasteiger partial charge on any atom is -0.368 e. The van der Waals surface area contributed by atoms with E-state index in [1.807, 2.05) is 4.90 Å². The van der Waals surface area contributed by atoms with Gasteiger partial charge in [0.2, 0.25) is 0 Å². The summed E-state index contributed by atoms with van der Waals surface area (Å²) in [5.74, 6) is 1.01. The molecule has 2 aliphatic rings. The molecule has 6 nitrogen and oxygen atoms in total. The number of rotatable bonds is 3. The first-order valence-corrected chi connectivity index (χ1v) is 9.93. The van der Waals surface area contributed by atoms with Gasteiger partial charge in [0.25, 0.3) is 0 Å². The zero-order valence-electron chi connectivity index (χ0n) is 16.3. The van der Waals surface area contributed by atoms with Crippen LogP contribution in [0.1, 0.15) is 41.0 Å². The summed E-state index contributed by atoms with van der Waals surface area (Å²) in [6.45, 7) is 7.95. The number of hydrogen-bond donors (Lipinski definition) is 1. The molecule has 1 aromatic heterocycles. The van der Waals surface area contributed by atoms with E-state index in [9.17, 15) is 4.79 Å². The van der Waals surface area contributed by atoms with Crippen molar-refractivity contribution >= 4 is 11.7 Å². The number of benzene rings is 1. The van der Waals surface area contributed by atoms with Gasteiger partial charge in [-0.15, -0.1) is 0 Å². The van der Waals surface area contributed by atoms with Crippen molar-refractivity contribution in [3.8, 4) is 0 Å². The van der Waals surface area contributed by atoms with E-state index in [2.05, 4.69) is 47.4 Å². The number of anilines is 1. The maximum absolute atomic E-state index is 12.6. The normalized spacial score (nSPS) is 17.0. The molecule has 1 N–H and O–H groups in total. The minimum absolute atomic E-state index is 0.0110. The van der Waals surface area contributed by atoms with E-state index < -0.39 is 0 Å². The second-order valence-corrected chi connectivity index (χ2v) is 7.59. The van der Waals surface area contributed by atoms with Gasteiger partial charge >= 0.3 is 6.03 Å². The fourth-order valence-electron chi connectivity index (χ4n) is 4.09. The molecule has 1 fully saturated rings. The molecule has 144 valence electrons. The number of piperazine rings is 1. The molecule has 0 atom stereocenters. The lowest BCUT2D eigenvalue weighted by Gasteiger charge is -2.37. The van der Waals surface area contributed by atoms with Gasteiger partial charge in [-0.3, -0.25) is 0 Å². The molecule has 1 aliphatic carbocycles. The average Bonchev–Trinajstić information content (AvgIpc) is 3.12. The fourth-order valence-corrected chi connectivity index (χ4v) is 4.09. The van der Waals surface area contributed by atoms with E-state index in [1.165, 1.54) is 35.2 Å². The van der Waals surface area contributed by atoms with Crippen LogP contribution in [0, 0.1) is 13.8 Å². The van der Waals surface area contributed by atoms with Gasteiger partial charge < -0.3 is 19.6 Å². The van der Waals surface area contributed by atoms with E-state index in [4.69, 9.17) is 4.52 Å². The first kappa shape index (κ1) is 17.9. The summed E-state index contributed by atoms with van der Waals surface area (Å²) >= 11 is 0. The number of urea groups is 1. The van der Waals surface area contributed by atoms with Crippen LogP contribution in [-0.2, 0) is 19.4 Å². The number of amides is 2. The number of aromatic nitrogens is 1. The molecule has 27 heavy (non-hydrogen) atoms. The van der Waals surface area contributed by atoms with Crippen LogP contribution in [0.15, 0.2) is 22.7 Å². The molecule has 0 bridgehead atoms. The maximum Gasteiger partial charge on any atom is 0.317 e. The molecule has 4 rings (SSSR count). The van der Waals surface area contributed by atoms with Gasteiger partial charge in [-0.05, 0) is 50.3 Å². The first-order valence-electron chi connectivity index (χ1n) is 9.93. The van der Waals surface area contributed by atoms with E-state index in [0.717, 1.165) is 50.5 Å². The number of aryl methyl sites for hydroxylation is 2. The van der Waals surface area contributed by atoms with Gasteiger partial charge in [-0.25, -0.2) is 4.79 Å². The molecule has 0 radical (unpaired) electrons. The molecule has 2 aromatic rings. The Morgan fingerprint density at radius 3 is 2.74 bits per heavy atom. The van der Waals surface area contributed by atoms with Crippen LogP contribution in [0.25, 0.3) is 0 Å². The Balaban J connectivity index is 1.31. The van der Waals surface area contributed by atoms with Gasteiger partial charge in [0.15, 0.2) is 0 Å². The lowest BCUT2D eigenvalue weighted by Crippen LogP contribution is -2.52. The number of carbonyl (C=O) groups excluding carboxylic acids is 1. The van der Waals surface area contributed by atoms with Crippen LogP contribution < -0.4 is 10.2 Å². The standard InChI is InChI=1S/C21H28N4O2/c1-15-6-5-8-19(16(15)2)24-10-12-25(13-11-24)21(26)22-14-18-17-7-3-4-9-20(17)27-23-18/h5-6,8H,3-4,7,9-14H2,1-2H3,(H,22,26). The highest BCUT2D eigenvalue weighted by molar-refractivity contribution is 5.74. The molecule has 1 aromatic carbocycles. The summed E-state index contributed by atoms with van der Waals surface area (Å²) in [7, 11) is 0. The summed E-state index contributed by atoms with van der Waals surface area (Å²) in [5, 5.41) is 7.19. The summed E-state index contributed by atoms with van der Waals surface area (Å²) in [6.07, 6.45) is 4.32. The number of hydrogen-bond acceptors (Lipinski definition) is 4. The number of carbonyl (C=O) groups is 1. The molecular weight excluding hydrogens is 340 g/mol. The predicted molar refractivity (Wildman–Crippen MR) is 105 cm³/mol. The molecule has 1 aliphatic heterocycles. The van der Waals surface area contributed by atoms with E-state index >= 15 is 0 Å². The third-order valence-corrected chi connectivity index (χ3v) is 5.92. The van der Waals surface area contributed by atoms with Crippen molar-refractivity contribution in [2.45, 2.75) is 46.1 Å². The van der Waals surface area contributed by atoms with Crippen LogP contribution in [0.5, 0.6) is 0 Å². The lowest BCUT2D eigenvalue weighted by atomic mass is 9.96. The summed E-state index contributed by atoms with van der Waals surface area (Å²) in [4.78, 5) is 16.8. The Morgan fingerprint density at radius 2 is 1.93 bits per heavy atom. The molecule has 2 amide bonds. The van der Waals surface area contributed by atoms with Gasteiger partial charge in [0, 0.05) is 43.9 Å². The second kappa shape index (κ2) is 7.62. The van der Waals surface area contributed by atoms with E-state index in [0.29, 0.717) is 6.54 Å². The Bertz CT molecular complexity index is 822. The first-order chi connectivity index (χ1) is 13.1. The zero-order chi connectivity index (χ0) is 18.8. The van der Waals surface area contributed by atoms with Crippen LogP contribution >= 0.6 is 0 Å². The van der Waals surface area contributed by atoms with E-state index in [1.54, 1.807) is 0 Å². The average molecular weight is 368 g/mol. The van der Waals surface area contributed by atoms with Crippen LogP contribution in [0.2, 0.25) is 0 Å². The minimum atomic E-state index is -0.0110. The Labute approximate surface area is 160 Å². The van der Waals surface area contributed by atoms with Gasteiger partial charge in [0.05, 0.1) is 6.54 Å². The van der Waals surface area contributed by atoms with Crippen molar-refractivity contribution in [2.75, 3.05) is 31.1 Å². The predicted octanol–water partition coefficient (Wildman–Crippen LogP) is 3.20. The third kappa shape index (κ3) is 3.66. The van der Waals surface area contributed by atoms with Crippen LogP contribution in [0.3, 0.4) is 0 Å². The highest BCUT2D eigenvalue weighted by Crippen LogP contribution is 2.25. The van der Waals surface area contributed by atoms with Crippen LogP contribution in [-0.4, -0.2) is 42.3 Å². The van der Waals surface area contributed by atoms with Crippen LogP contribution in [0.4, 0.5) is 10.5 Å². The van der Waals surface area contributed by atoms with E-state index in [-0.39, 0.29) is 6.03 Å².